The molecular formula is C14H20Cl2OSiZr. The number of halogens is 2. The molecule has 1 atom stereocenters. The van der Waals surface area contributed by atoms with Gasteiger partial charge < -0.3 is 29.2 Å². The molecule has 0 radical (unpaired) electrons. The van der Waals surface area contributed by atoms with Crippen LogP contribution in [0.5, 0.6) is 0 Å². The van der Waals surface area contributed by atoms with Crippen molar-refractivity contribution in [1.29, 1.82) is 0 Å². The van der Waals surface area contributed by atoms with Crippen molar-refractivity contribution in [1.82, 2.24) is 0 Å². The topological polar surface area (TPSA) is 13.1 Å². The summed E-state index contributed by atoms with van der Waals surface area (Å²) in [6.07, 6.45) is 9.94. The average molecular weight is 395 g/mol. The van der Waals surface area contributed by atoms with E-state index in [1.54, 1.807) is 0 Å². The summed E-state index contributed by atoms with van der Waals surface area (Å²) in [4.78, 5) is 0. The Morgan fingerprint density at radius 1 is 1.21 bits per heavy atom. The van der Waals surface area contributed by atoms with Gasteiger partial charge in [-0.3, -0.25) is 6.08 Å². The van der Waals surface area contributed by atoms with Crippen LogP contribution < -0.4 is 30.2 Å². The van der Waals surface area contributed by atoms with Gasteiger partial charge in [0.2, 0.25) is 0 Å². The van der Waals surface area contributed by atoms with Crippen LogP contribution in [0.2, 0.25) is 19.6 Å². The van der Waals surface area contributed by atoms with Gasteiger partial charge in [0, 0.05) is 8.07 Å². The molecule has 19 heavy (non-hydrogen) atoms. The predicted octanol–water partition coefficient (Wildman–Crippen LogP) is -2.43. The van der Waals surface area contributed by atoms with Crippen LogP contribution in [-0.4, -0.2) is 8.07 Å². The third-order valence-corrected chi connectivity index (χ3v) is 4.33. The van der Waals surface area contributed by atoms with Gasteiger partial charge in [0.25, 0.3) is 0 Å². The standard InChI is InChI=1S/C7H11OSi.C7H9.2ClH.Zr/c1-9(2,3)7-5-4-6-8-7;1-6-4-3-5-7(6)2;;;/h4-5H,1-3H3;3-4,7H,1-2H3;2*1H;/q2*-1;;;+4/p-2. The second kappa shape index (κ2) is 11.1. The molecule has 0 saturated heterocycles. The zero-order valence-electron chi connectivity index (χ0n) is 12.1. The van der Waals surface area contributed by atoms with E-state index in [4.69, 9.17) is 4.42 Å². The molecule has 1 aliphatic carbocycles. The molecule has 0 amide bonds. The minimum Gasteiger partial charge on any atom is -1.00 e. The molecule has 1 aliphatic rings. The maximum absolute atomic E-state index is 5.13. The van der Waals surface area contributed by atoms with Crippen molar-refractivity contribution < 1.29 is 55.4 Å². The number of hydrogen-bond donors (Lipinski definition) is 0. The van der Waals surface area contributed by atoms with E-state index in [2.05, 4.69) is 51.9 Å². The van der Waals surface area contributed by atoms with Crippen LogP contribution in [0, 0.1) is 18.3 Å². The molecular weight excluding hydrogens is 374 g/mol. The van der Waals surface area contributed by atoms with E-state index in [0.717, 1.165) is 5.38 Å². The third kappa shape index (κ3) is 9.07. The van der Waals surface area contributed by atoms with Gasteiger partial charge in [0.15, 0.2) is 0 Å². The second-order valence-corrected chi connectivity index (χ2v) is 10.1. The van der Waals surface area contributed by atoms with Crippen LogP contribution in [0.15, 0.2) is 34.3 Å². The van der Waals surface area contributed by atoms with Crippen LogP contribution in [0.1, 0.15) is 13.8 Å². The van der Waals surface area contributed by atoms with Crippen molar-refractivity contribution in [3.63, 3.8) is 0 Å². The van der Waals surface area contributed by atoms with Gasteiger partial charge in [-0.1, -0.05) is 44.8 Å². The molecule has 0 spiro atoms. The number of furan rings is 1. The third-order valence-electron chi connectivity index (χ3n) is 2.59. The fraction of sp³-hybridized carbons (Fsp3) is 0.429. The summed E-state index contributed by atoms with van der Waals surface area (Å²) < 4.78 is 5.13. The molecule has 1 unspecified atom stereocenters. The molecule has 0 aliphatic heterocycles. The Hall–Kier alpha value is 0.440. The van der Waals surface area contributed by atoms with Gasteiger partial charge in [0.05, 0.1) is 0 Å². The minimum atomic E-state index is -1.18. The molecule has 1 heterocycles. The van der Waals surface area contributed by atoms with E-state index >= 15 is 0 Å². The molecule has 1 nitrogen and oxygen atoms in total. The van der Waals surface area contributed by atoms with Crippen molar-refractivity contribution in [2.75, 3.05) is 0 Å². The molecule has 2 rings (SSSR count). The fourth-order valence-corrected chi connectivity index (χ4v) is 2.19. The van der Waals surface area contributed by atoms with E-state index in [9.17, 15) is 0 Å². The van der Waals surface area contributed by atoms with Gasteiger partial charge in [-0.15, -0.1) is 6.07 Å². The van der Waals surface area contributed by atoms with Gasteiger partial charge in [-0.05, 0) is 6.26 Å². The molecule has 104 valence electrons. The van der Waals surface area contributed by atoms with Crippen molar-refractivity contribution in [2.45, 2.75) is 33.5 Å². The summed E-state index contributed by atoms with van der Waals surface area (Å²) in [5.74, 6) is 0.569. The van der Waals surface area contributed by atoms with Gasteiger partial charge in [-0.2, -0.15) is 11.6 Å². The summed E-state index contributed by atoms with van der Waals surface area (Å²) in [7, 11) is -1.18. The van der Waals surface area contributed by atoms with Crippen molar-refractivity contribution in [3.05, 3.63) is 42.2 Å². The maximum atomic E-state index is 5.13. The minimum absolute atomic E-state index is 0. The number of hydrogen-bond acceptors (Lipinski definition) is 1. The first-order valence-corrected chi connectivity index (χ1v) is 9.13. The number of allylic oxidation sites excluding steroid dienone is 4. The van der Waals surface area contributed by atoms with E-state index in [1.807, 2.05) is 18.2 Å². The smallest absolute Gasteiger partial charge is 1.00 e. The monoisotopic (exact) mass is 392 g/mol. The van der Waals surface area contributed by atoms with Crippen LogP contribution in [-0.2, 0) is 26.2 Å². The van der Waals surface area contributed by atoms with E-state index in [1.165, 1.54) is 5.57 Å². The maximum Gasteiger partial charge on any atom is 4.00 e. The molecule has 0 bridgehead atoms. The summed E-state index contributed by atoms with van der Waals surface area (Å²) in [6.45, 7) is 11.0. The Morgan fingerprint density at radius 3 is 1.95 bits per heavy atom. The van der Waals surface area contributed by atoms with Crippen LogP contribution in [0.25, 0.3) is 0 Å². The van der Waals surface area contributed by atoms with Gasteiger partial charge in [-0.25, -0.2) is 12.2 Å². The van der Waals surface area contributed by atoms with E-state index in [-0.39, 0.29) is 51.0 Å². The molecule has 1 aromatic rings. The SMILES string of the molecule is CC1=CC=[C-]C1C.C[Si](C)(C)c1cc[c-]o1.[Cl-].[Cl-].[Zr+4]. The van der Waals surface area contributed by atoms with Gasteiger partial charge >= 0.3 is 26.2 Å². The van der Waals surface area contributed by atoms with Crippen LogP contribution in [0.4, 0.5) is 0 Å². The Labute approximate surface area is 149 Å². The fourth-order valence-electron chi connectivity index (χ4n) is 1.24. The second-order valence-electron chi connectivity index (χ2n) is 5.13. The Morgan fingerprint density at radius 2 is 1.79 bits per heavy atom. The molecule has 1 aromatic heterocycles. The largest absolute Gasteiger partial charge is 4.00 e. The summed E-state index contributed by atoms with van der Waals surface area (Å²) in [5, 5.41) is 1.13. The van der Waals surface area contributed by atoms with Crippen molar-refractivity contribution >= 4 is 13.5 Å². The predicted molar refractivity (Wildman–Crippen MR) is 71.3 cm³/mol. The van der Waals surface area contributed by atoms with E-state index < -0.39 is 8.07 Å². The normalized spacial score (nSPS) is 16.1. The quantitative estimate of drug-likeness (QED) is 0.382. The Balaban J connectivity index is -0.000000237. The molecule has 0 aromatic carbocycles. The van der Waals surface area contributed by atoms with Crippen LogP contribution in [0.3, 0.4) is 0 Å². The molecule has 0 N–H and O–H groups in total. The van der Waals surface area contributed by atoms with Crippen molar-refractivity contribution in [2.24, 2.45) is 5.92 Å². The van der Waals surface area contributed by atoms with Gasteiger partial charge in [0.1, 0.15) is 0 Å². The zero-order chi connectivity index (χ0) is 12.2. The first kappa shape index (κ1) is 24.5. The molecule has 5 heteroatoms. The molecule has 0 saturated carbocycles. The van der Waals surface area contributed by atoms with Crippen LogP contribution >= 0.6 is 0 Å². The first-order valence-electron chi connectivity index (χ1n) is 5.63. The van der Waals surface area contributed by atoms with E-state index in [0.29, 0.717) is 5.92 Å². The zero-order valence-corrected chi connectivity index (χ0v) is 17.0. The first-order chi connectivity index (χ1) is 7.41. The summed E-state index contributed by atoms with van der Waals surface area (Å²) in [6, 6.07) is 3.83. The Bertz CT molecular complexity index is 381. The Kier molecular flexibility index (Phi) is 14.3. The number of rotatable bonds is 1. The van der Waals surface area contributed by atoms with Crippen molar-refractivity contribution in [3.8, 4) is 0 Å². The molecule has 0 fully saturated rings. The average Bonchev–Trinajstić information content (AvgIpc) is 2.78. The summed E-state index contributed by atoms with van der Waals surface area (Å²) in [5.41, 5.74) is 1.42. The summed E-state index contributed by atoms with van der Waals surface area (Å²) >= 11 is 0.